The third-order valence-corrected chi connectivity index (χ3v) is 2.87. The van der Waals surface area contributed by atoms with E-state index in [0.717, 1.165) is 12.8 Å². The first-order valence-electron chi connectivity index (χ1n) is 6.63. The molecule has 1 saturated heterocycles. The van der Waals surface area contributed by atoms with E-state index in [0.29, 0.717) is 19.7 Å². The van der Waals surface area contributed by atoms with Gasteiger partial charge < -0.3 is 14.6 Å². The Bertz CT molecular complexity index is 268. The van der Waals surface area contributed by atoms with Gasteiger partial charge in [-0.2, -0.15) is 0 Å². The zero-order valence-corrected chi connectivity index (χ0v) is 11.6. The van der Waals surface area contributed by atoms with Crippen LogP contribution < -0.4 is 0 Å². The van der Waals surface area contributed by atoms with E-state index in [1.807, 2.05) is 18.7 Å². The molecule has 0 saturated carbocycles. The molecule has 0 aromatic carbocycles. The summed E-state index contributed by atoms with van der Waals surface area (Å²) in [6.07, 6.45) is 1.70. The number of morpholine rings is 1. The van der Waals surface area contributed by atoms with Crippen LogP contribution in [0.4, 0.5) is 0 Å². The van der Waals surface area contributed by atoms with E-state index in [9.17, 15) is 9.90 Å². The molecule has 1 atom stereocenters. The quantitative estimate of drug-likeness (QED) is 0.565. The van der Waals surface area contributed by atoms with Crippen LogP contribution in [0.3, 0.4) is 0 Å². The molecule has 5 heteroatoms. The van der Waals surface area contributed by atoms with E-state index in [1.165, 1.54) is 0 Å². The summed E-state index contributed by atoms with van der Waals surface area (Å²) in [4.78, 5) is 13.6. The number of carbonyl (C=O) groups excluding carboxylic acids is 1. The van der Waals surface area contributed by atoms with E-state index in [4.69, 9.17) is 9.47 Å². The Labute approximate surface area is 109 Å². The van der Waals surface area contributed by atoms with Crippen LogP contribution in [0.25, 0.3) is 0 Å². The minimum Gasteiger partial charge on any atom is -0.465 e. The van der Waals surface area contributed by atoms with E-state index in [2.05, 4.69) is 6.92 Å². The van der Waals surface area contributed by atoms with Crippen molar-refractivity contribution in [1.29, 1.82) is 0 Å². The molecule has 1 aliphatic rings. The second-order valence-electron chi connectivity index (χ2n) is 5.43. The zero-order valence-electron chi connectivity index (χ0n) is 11.6. The number of aliphatic hydroxyl groups excluding tert-OH is 1. The first-order chi connectivity index (χ1) is 8.46. The molecule has 1 N–H and O–H groups in total. The second kappa shape index (κ2) is 7.07. The standard InChI is InChI=1S/C13H25NO4/c1-4-5-6-17-12(16)8-14-7-11(9-15)18-13(2,3)10-14/h11,15H,4-10H2,1-3H3. The molecule has 0 spiro atoms. The van der Waals surface area contributed by atoms with Gasteiger partial charge in [-0.3, -0.25) is 9.69 Å². The Morgan fingerprint density at radius 1 is 1.56 bits per heavy atom. The van der Waals surface area contributed by atoms with Crippen molar-refractivity contribution < 1.29 is 19.4 Å². The molecule has 0 aromatic heterocycles. The van der Waals surface area contributed by atoms with Crippen LogP contribution in [-0.4, -0.2) is 60.5 Å². The Hall–Kier alpha value is -0.650. The van der Waals surface area contributed by atoms with Crippen molar-refractivity contribution >= 4 is 5.97 Å². The maximum absolute atomic E-state index is 11.6. The SMILES string of the molecule is CCCCOC(=O)CN1CC(CO)OC(C)(C)C1. The molecule has 0 bridgehead atoms. The molecule has 18 heavy (non-hydrogen) atoms. The van der Waals surface area contributed by atoms with Gasteiger partial charge in [0, 0.05) is 13.1 Å². The summed E-state index contributed by atoms with van der Waals surface area (Å²) in [5, 5.41) is 9.18. The number of ether oxygens (including phenoxy) is 2. The number of unbranched alkanes of at least 4 members (excludes halogenated alkanes) is 1. The maximum Gasteiger partial charge on any atom is 0.320 e. The van der Waals surface area contributed by atoms with E-state index in [-0.39, 0.29) is 30.8 Å². The zero-order chi connectivity index (χ0) is 13.6. The molecule has 1 heterocycles. The first-order valence-corrected chi connectivity index (χ1v) is 6.63. The summed E-state index contributed by atoms with van der Waals surface area (Å²) in [5.41, 5.74) is -0.338. The van der Waals surface area contributed by atoms with Crippen molar-refractivity contribution in [1.82, 2.24) is 4.90 Å². The number of aliphatic hydroxyl groups is 1. The van der Waals surface area contributed by atoms with Crippen LogP contribution in [0.15, 0.2) is 0 Å². The Kier molecular flexibility index (Phi) is 6.05. The van der Waals surface area contributed by atoms with E-state index in [1.54, 1.807) is 0 Å². The summed E-state index contributed by atoms with van der Waals surface area (Å²) >= 11 is 0. The van der Waals surface area contributed by atoms with E-state index < -0.39 is 0 Å². The van der Waals surface area contributed by atoms with Gasteiger partial charge >= 0.3 is 5.97 Å². The van der Waals surface area contributed by atoms with Crippen LogP contribution >= 0.6 is 0 Å². The average Bonchev–Trinajstić information content (AvgIpc) is 2.27. The van der Waals surface area contributed by atoms with Gasteiger partial charge in [0.15, 0.2) is 0 Å². The summed E-state index contributed by atoms with van der Waals surface area (Å²) in [6.45, 7) is 7.97. The van der Waals surface area contributed by atoms with Gasteiger partial charge in [-0.1, -0.05) is 13.3 Å². The van der Waals surface area contributed by atoms with Gasteiger partial charge in [-0.05, 0) is 20.3 Å². The summed E-state index contributed by atoms with van der Waals surface area (Å²) in [7, 11) is 0. The molecule has 1 fully saturated rings. The Morgan fingerprint density at radius 2 is 2.28 bits per heavy atom. The summed E-state index contributed by atoms with van der Waals surface area (Å²) in [5.74, 6) is -0.196. The lowest BCUT2D eigenvalue weighted by molar-refractivity contribution is -0.162. The lowest BCUT2D eigenvalue weighted by Gasteiger charge is -2.41. The van der Waals surface area contributed by atoms with Crippen molar-refractivity contribution in [3.05, 3.63) is 0 Å². The number of hydrogen-bond donors (Lipinski definition) is 1. The van der Waals surface area contributed by atoms with Gasteiger partial charge in [0.25, 0.3) is 0 Å². The van der Waals surface area contributed by atoms with Crippen LogP contribution in [0.1, 0.15) is 33.6 Å². The lowest BCUT2D eigenvalue weighted by Crippen LogP contribution is -2.55. The third-order valence-electron chi connectivity index (χ3n) is 2.87. The molecule has 1 rings (SSSR count). The third kappa shape index (κ3) is 5.33. The minimum absolute atomic E-state index is 0.0230. The van der Waals surface area contributed by atoms with Crippen molar-refractivity contribution in [2.24, 2.45) is 0 Å². The van der Waals surface area contributed by atoms with Crippen LogP contribution in [0.5, 0.6) is 0 Å². The van der Waals surface area contributed by atoms with Crippen molar-refractivity contribution in [3.8, 4) is 0 Å². The maximum atomic E-state index is 11.6. The second-order valence-corrected chi connectivity index (χ2v) is 5.43. The molecule has 5 nitrogen and oxygen atoms in total. The smallest absolute Gasteiger partial charge is 0.320 e. The molecular weight excluding hydrogens is 234 g/mol. The highest BCUT2D eigenvalue weighted by Crippen LogP contribution is 2.20. The number of hydrogen-bond acceptors (Lipinski definition) is 5. The molecule has 1 aliphatic heterocycles. The number of carbonyl (C=O) groups is 1. The normalized spacial score (nSPS) is 23.9. The van der Waals surface area contributed by atoms with Gasteiger partial charge in [0.2, 0.25) is 0 Å². The molecule has 0 radical (unpaired) electrons. The summed E-state index contributed by atoms with van der Waals surface area (Å²) in [6, 6.07) is 0. The number of nitrogens with zero attached hydrogens (tertiary/aromatic N) is 1. The highest BCUT2D eigenvalue weighted by Gasteiger charge is 2.33. The number of esters is 1. The molecule has 0 aromatic rings. The predicted molar refractivity (Wildman–Crippen MR) is 68.3 cm³/mol. The lowest BCUT2D eigenvalue weighted by atomic mass is 10.1. The van der Waals surface area contributed by atoms with Crippen molar-refractivity contribution in [2.45, 2.75) is 45.3 Å². The Morgan fingerprint density at radius 3 is 2.89 bits per heavy atom. The van der Waals surface area contributed by atoms with Crippen molar-refractivity contribution in [2.75, 3.05) is 32.8 Å². The van der Waals surface area contributed by atoms with E-state index >= 15 is 0 Å². The van der Waals surface area contributed by atoms with Crippen LogP contribution in [-0.2, 0) is 14.3 Å². The fourth-order valence-corrected chi connectivity index (χ4v) is 2.19. The van der Waals surface area contributed by atoms with Gasteiger partial charge in [0.05, 0.1) is 31.5 Å². The van der Waals surface area contributed by atoms with Crippen LogP contribution in [0, 0.1) is 0 Å². The molecule has 1 unspecified atom stereocenters. The molecular formula is C13H25NO4. The first kappa shape index (κ1) is 15.4. The highest BCUT2D eigenvalue weighted by molar-refractivity contribution is 5.71. The fourth-order valence-electron chi connectivity index (χ4n) is 2.19. The summed E-state index contributed by atoms with van der Waals surface area (Å²) < 4.78 is 10.8. The largest absolute Gasteiger partial charge is 0.465 e. The fraction of sp³-hybridized carbons (Fsp3) is 0.923. The van der Waals surface area contributed by atoms with Crippen molar-refractivity contribution in [3.63, 3.8) is 0 Å². The molecule has 106 valence electrons. The van der Waals surface area contributed by atoms with Crippen LogP contribution in [0.2, 0.25) is 0 Å². The average molecular weight is 259 g/mol. The van der Waals surface area contributed by atoms with Gasteiger partial charge in [0.1, 0.15) is 0 Å². The monoisotopic (exact) mass is 259 g/mol. The predicted octanol–water partition coefficient (Wildman–Crippen LogP) is 0.801. The topological polar surface area (TPSA) is 59.0 Å². The highest BCUT2D eigenvalue weighted by atomic mass is 16.5. The Balaban J connectivity index is 2.38. The molecule has 0 aliphatic carbocycles. The minimum atomic E-state index is -0.338. The van der Waals surface area contributed by atoms with Gasteiger partial charge in [-0.15, -0.1) is 0 Å². The number of rotatable bonds is 6. The van der Waals surface area contributed by atoms with Gasteiger partial charge in [-0.25, -0.2) is 0 Å². The molecule has 0 amide bonds.